The average Bonchev–Trinajstić information content (AvgIpc) is 3.07. The summed E-state index contributed by atoms with van der Waals surface area (Å²) in [6, 6.07) is 31.9. The summed E-state index contributed by atoms with van der Waals surface area (Å²) in [7, 11) is 1.81. The Bertz CT molecular complexity index is 1630. The maximum Gasteiger partial charge on any atom is 0.408 e. The summed E-state index contributed by atoms with van der Waals surface area (Å²) in [6.07, 6.45) is -0.466. The van der Waals surface area contributed by atoms with Crippen LogP contribution >= 0.6 is 0 Å². The lowest BCUT2D eigenvalue weighted by Gasteiger charge is -2.43. The number of ether oxygens (including phenoxy) is 4. The number of alkyl carbamates (subject to hydrolysis) is 1. The number of hydrogen-bond acceptors (Lipinski definition) is 7. The second-order valence-corrected chi connectivity index (χ2v) is 18.3. The Morgan fingerprint density at radius 2 is 1.22 bits per heavy atom. The molecule has 4 rings (SSSR count). The van der Waals surface area contributed by atoms with Crippen LogP contribution in [-0.4, -0.2) is 53.4 Å². The van der Waals surface area contributed by atoms with Crippen LogP contribution in [0.3, 0.4) is 0 Å². The molecule has 0 spiro atoms. The van der Waals surface area contributed by atoms with Crippen molar-refractivity contribution in [1.29, 1.82) is 0 Å². The highest BCUT2D eigenvalue weighted by Crippen LogP contribution is 2.41. The molecule has 0 heterocycles. The average molecular weight is 684 g/mol. The minimum absolute atomic E-state index is 0.166. The summed E-state index contributed by atoms with van der Waals surface area (Å²) in [6.45, 7) is 12.4. The third-order valence-corrected chi connectivity index (χ3v) is 13.3. The highest BCUT2D eigenvalue weighted by Gasteiger charge is 2.50. The van der Waals surface area contributed by atoms with E-state index in [4.69, 9.17) is 23.4 Å². The van der Waals surface area contributed by atoms with Crippen LogP contribution in [0.2, 0.25) is 5.04 Å². The maximum atomic E-state index is 12.5. The number of amides is 1. The highest BCUT2D eigenvalue weighted by molar-refractivity contribution is 6.99. The first-order chi connectivity index (χ1) is 23.2. The smallest absolute Gasteiger partial charge is 0.408 e. The van der Waals surface area contributed by atoms with Gasteiger partial charge in [0.15, 0.2) is 0 Å². The van der Waals surface area contributed by atoms with Crippen molar-refractivity contribution >= 4 is 30.8 Å². The van der Waals surface area contributed by atoms with Crippen LogP contribution < -0.4 is 25.2 Å². The summed E-state index contributed by atoms with van der Waals surface area (Å²) in [4.78, 5) is 24.9. The molecule has 0 unspecified atom stereocenters. The van der Waals surface area contributed by atoms with Gasteiger partial charge in [-0.15, -0.1) is 0 Å². The Kier molecular flexibility index (Phi) is 12.0. The summed E-state index contributed by atoms with van der Waals surface area (Å²) in [5.74, 6) is 0.730. The second-order valence-electron chi connectivity index (χ2n) is 14.0. The van der Waals surface area contributed by atoms with Gasteiger partial charge < -0.3 is 28.7 Å². The molecule has 0 saturated carbocycles. The predicted molar refractivity (Wildman–Crippen MR) is 196 cm³/mol. The maximum absolute atomic E-state index is 12.5. The van der Waals surface area contributed by atoms with E-state index < -0.39 is 32.0 Å². The molecule has 260 valence electrons. The summed E-state index contributed by atoms with van der Waals surface area (Å²) in [5, 5.41) is 4.88. The van der Waals surface area contributed by atoms with E-state index in [0.717, 1.165) is 22.3 Å². The van der Waals surface area contributed by atoms with E-state index in [1.54, 1.807) is 35.0 Å². The number of hydrogen-bond donors (Lipinski definition) is 1. The van der Waals surface area contributed by atoms with Gasteiger partial charge in [0.1, 0.15) is 23.1 Å². The van der Waals surface area contributed by atoms with Crippen LogP contribution in [0.5, 0.6) is 11.5 Å². The second kappa shape index (κ2) is 15.7. The lowest BCUT2D eigenvalue weighted by Crippen LogP contribution is -2.66. The Balaban J connectivity index is 1.64. The monoisotopic (exact) mass is 683 g/mol. The Hall–Kier alpha value is -4.60. The van der Waals surface area contributed by atoms with E-state index in [-0.39, 0.29) is 11.5 Å². The standard InChI is InChI=1S/C40H49NO7Si/c1-39(2,3)48-38(43)41-33(37(42)46-9)24-28-20-22-30(23-21-28)36-34(44-7)25-29(26-35(36)45-8)27-47-49(40(4,5)6,31-16-12-10-13-17-31)32-18-14-11-15-19-32/h10-23,25-26,33H,24,27H2,1-9H3,(H,41,43)/t33-/m0/s1. The lowest BCUT2D eigenvalue weighted by molar-refractivity contribution is -0.143. The van der Waals surface area contributed by atoms with Crippen LogP contribution in [0.1, 0.15) is 52.7 Å². The first kappa shape index (κ1) is 37.2. The number of carbonyl (C=O) groups excluding carboxylic acids is 2. The summed E-state index contributed by atoms with van der Waals surface area (Å²) in [5.41, 5.74) is 2.71. The normalized spacial score (nSPS) is 12.5. The van der Waals surface area contributed by atoms with Gasteiger partial charge in [-0.05, 0) is 65.0 Å². The highest BCUT2D eigenvalue weighted by atomic mass is 28.4. The predicted octanol–water partition coefficient (Wildman–Crippen LogP) is 7.06. The van der Waals surface area contributed by atoms with Crippen LogP contribution in [0.15, 0.2) is 97.1 Å². The molecule has 4 aromatic carbocycles. The van der Waals surface area contributed by atoms with Gasteiger partial charge in [-0.3, -0.25) is 0 Å². The topological polar surface area (TPSA) is 92.3 Å². The molecule has 0 aromatic heterocycles. The molecule has 0 aliphatic carbocycles. The first-order valence-electron chi connectivity index (χ1n) is 16.4. The number of methoxy groups -OCH3 is 3. The van der Waals surface area contributed by atoms with Crippen molar-refractivity contribution in [3.8, 4) is 22.6 Å². The third kappa shape index (κ3) is 8.90. The van der Waals surface area contributed by atoms with Crippen molar-refractivity contribution in [2.45, 2.75) is 71.3 Å². The summed E-state index contributed by atoms with van der Waals surface area (Å²) < 4.78 is 29.3. The van der Waals surface area contributed by atoms with Gasteiger partial charge in [-0.2, -0.15) is 0 Å². The van der Waals surface area contributed by atoms with E-state index in [2.05, 4.69) is 74.6 Å². The zero-order chi connectivity index (χ0) is 35.8. The van der Waals surface area contributed by atoms with Gasteiger partial charge in [0.25, 0.3) is 8.32 Å². The van der Waals surface area contributed by atoms with E-state index in [1.165, 1.54) is 17.5 Å². The van der Waals surface area contributed by atoms with Crippen molar-refractivity contribution in [1.82, 2.24) is 5.32 Å². The van der Waals surface area contributed by atoms with Crippen molar-refractivity contribution in [2.24, 2.45) is 0 Å². The van der Waals surface area contributed by atoms with Crippen LogP contribution in [0.4, 0.5) is 4.79 Å². The summed E-state index contributed by atoms with van der Waals surface area (Å²) >= 11 is 0. The van der Waals surface area contributed by atoms with Crippen molar-refractivity contribution in [3.05, 3.63) is 108 Å². The lowest BCUT2D eigenvalue weighted by atomic mass is 9.98. The molecule has 1 amide bonds. The molecule has 49 heavy (non-hydrogen) atoms. The Morgan fingerprint density at radius 3 is 1.65 bits per heavy atom. The van der Waals surface area contributed by atoms with Crippen molar-refractivity contribution in [2.75, 3.05) is 21.3 Å². The molecule has 0 bridgehead atoms. The molecule has 1 atom stereocenters. The Labute approximate surface area is 291 Å². The molecular weight excluding hydrogens is 635 g/mol. The molecule has 8 nitrogen and oxygen atoms in total. The van der Waals surface area contributed by atoms with Gasteiger partial charge in [0.2, 0.25) is 0 Å². The number of carbonyl (C=O) groups is 2. The van der Waals surface area contributed by atoms with E-state index >= 15 is 0 Å². The van der Waals surface area contributed by atoms with Gasteiger partial charge in [0.05, 0.1) is 33.5 Å². The third-order valence-electron chi connectivity index (χ3n) is 8.30. The fraction of sp³-hybridized carbons (Fsp3) is 0.350. The number of benzene rings is 4. The fourth-order valence-corrected chi connectivity index (χ4v) is 10.7. The first-order valence-corrected chi connectivity index (χ1v) is 18.3. The quantitative estimate of drug-likeness (QED) is 0.126. The molecule has 1 N–H and O–H groups in total. The van der Waals surface area contributed by atoms with Gasteiger partial charge >= 0.3 is 12.1 Å². The molecule has 0 saturated heterocycles. The van der Waals surface area contributed by atoms with Crippen molar-refractivity contribution in [3.63, 3.8) is 0 Å². The molecule has 0 aliphatic rings. The van der Waals surface area contributed by atoms with E-state index in [1.807, 2.05) is 48.5 Å². The molecule has 0 fully saturated rings. The fourth-order valence-electron chi connectivity index (χ4n) is 6.12. The molecule has 4 aromatic rings. The van der Waals surface area contributed by atoms with Crippen LogP contribution in [-0.2, 0) is 31.7 Å². The molecule has 0 aliphatic heterocycles. The van der Waals surface area contributed by atoms with E-state index in [0.29, 0.717) is 18.1 Å². The Morgan fingerprint density at radius 1 is 0.714 bits per heavy atom. The van der Waals surface area contributed by atoms with Crippen LogP contribution in [0.25, 0.3) is 11.1 Å². The number of esters is 1. The molecule has 0 radical (unpaired) electrons. The minimum Gasteiger partial charge on any atom is -0.496 e. The zero-order valence-electron chi connectivity index (χ0n) is 30.1. The minimum atomic E-state index is -2.77. The van der Waals surface area contributed by atoms with Gasteiger partial charge in [-0.1, -0.05) is 106 Å². The number of rotatable bonds is 12. The van der Waals surface area contributed by atoms with Crippen molar-refractivity contribution < 1.29 is 33.0 Å². The van der Waals surface area contributed by atoms with Gasteiger partial charge in [-0.25, -0.2) is 9.59 Å². The molecular formula is C40H49NO7Si. The van der Waals surface area contributed by atoms with Gasteiger partial charge in [0, 0.05) is 6.42 Å². The van der Waals surface area contributed by atoms with E-state index in [9.17, 15) is 9.59 Å². The largest absolute Gasteiger partial charge is 0.496 e. The SMILES string of the molecule is COC(=O)[C@H](Cc1ccc(-c2c(OC)cc(CO[Si](c3ccccc3)(c3ccccc3)C(C)(C)C)cc2OC)cc1)NC(=O)OC(C)(C)C. The number of nitrogens with one attached hydrogen (secondary N) is 1. The molecule has 9 heteroatoms. The zero-order valence-corrected chi connectivity index (χ0v) is 31.1. The van der Waals surface area contributed by atoms with Crippen LogP contribution in [0, 0.1) is 0 Å².